The molecule has 0 saturated carbocycles. The highest BCUT2D eigenvalue weighted by Gasteiger charge is 2.42. The molecule has 2 aliphatic heterocycles. The van der Waals surface area contributed by atoms with Crippen LogP contribution in [0.15, 0.2) is 45.3 Å². The summed E-state index contributed by atoms with van der Waals surface area (Å²) in [6.07, 6.45) is 1.48. The summed E-state index contributed by atoms with van der Waals surface area (Å²) in [5, 5.41) is 0. The van der Waals surface area contributed by atoms with Gasteiger partial charge in [0.05, 0.1) is 17.8 Å². The van der Waals surface area contributed by atoms with E-state index < -0.39 is 6.04 Å². The van der Waals surface area contributed by atoms with Gasteiger partial charge >= 0.3 is 0 Å². The molecule has 0 unspecified atom stereocenters. The van der Waals surface area contributed by atoms with E-state index >= 15 is 0 Å². The Morgan fingerprint density at radius 1 is 1.12 bits per heavy atom. The van der Waals surface area contributed by atoms with Gasteiger partial charge in [0.25, 0.3) is 5.91 Å². The Balaban J connectivity index is 1.85. The molecule has 1 saturated heterocycles. The zero-order chi connectivity index (χ0) is 18.4. The van der Waals surface area contributed by atoms with E-state index in [0.717, 1.165) is 16.5 Å². The minimum Gasteiger partial charge on any atom is -0.327 e. The van der Waals surface area contributed by atoms with E-state index in [1.165, 1.54) is 12.1 Å². The monoisotopic (exact) mass is 480 g/mol. The summed E-state index contributed by atoms with van der Waals surface area (Å²) >= 11 is 6.94. The first kappa shape index (κ1) is 17.7. The van der Waals surface area contributed by atoms with Crippen LogP contribution in [0, 0.1) is 5.82 Å². The molecular weight excluding hydrogens is 467 g/mol. The number of benzene rings is 2. The molecule has 4 rings (SSSR count). The standard InChI is InChI=1S/C19H15Br2FN2O2/c20-12-8-14-17(15(21)9-12)24(10-11-3-5-13(22)6-4-11)19(26)16-2-1-7-23(16)18(14)25/h3-6,8-9,16H,1-2,7,10H2/t16-/m0/s1. The molecule has 0 aromatic heterocycles. The second-order valence-corrected chi connectivity index (χ2v) is 8.26. The summed E-state index contributed by atoms with van der Waals surface area (Å²) in [6.45, 7) is 0.868. The minimum absolute atomic E-state index is 0.0954. The van der Waals surface area contributed by atoms with Crippen molar-refractivity contribution in [1.29, 1.82) is 0 Å². The normalized spacial score (nSPS) is 19.4. The van der Waals surface area contributed by atoms with E-state index in [2.05, 4.69) is 31.9 Å². The number of hydrogen-bond donors (Lipinski definition) is 0. The van der Waals surface area contributed by atoms with Crippen LogP contribution in [-0.2, 0) is 11.3 Å². The summed E-state index contributed by atoms with van der Waals surface area (Å²) < 4.78 is 14.7. The number of hydrogen-bond acceptors (Lipinski definition) is 2. The van der Waals surface area contributed by atoms with Gasteiger partial charge in [0.2, 0.25) is 5.91 Å². The van der Waals surface area contributed by atoms with Gasteiger partial charge in [0, 0.05) is 15.5 Å². The molecule has 2 aliphatic rings. The van der Waals surface area contributed by atoms with Crippen molar-refractivity contribution in [3.63, 3.8) is 0 Å². The average molecular weight is 482 g/mol. The summed E-state index contributed by atoms with van der Waals surface area (Å²) in [5.41, 5.74) is 1.87. The third-order valence-electron chi connectivity index (χ3n) is 4.85. The SMILES string of the molecule is O=C1[C@@H]2CCCN2C(=O)c2cc(Br)cc(Br)c2N1Cc1ccc(F)cc1. The van der Waals surface area contributed by atoms with Gasteiger partial charge in [-0.3, -0.25) is 9.59 Å². The predicted octanol–water partition coefficient (Wildman–Crippen LogP) is 4.50. The summed E-state index contributed by atoms with van der Waals surface area (Å²) in [6, 6.07) is 9.22. The van der Waals surface area contributed by atoms with E-state index in [4.69, 9.17) is 0 Å². The Bertz CT molecular complexity index is 901. The molecule has 2 aromatic rings. The summed E-state index contributed by atoms with van der Waals surface area (Å²) in [7, 11) is 0. The second-order valence-electron chi connectivity index (χ2n) is 6.49. The van der Waals surface area contributed by atoms with Gasteiger partial charge in [-0.25, -0.2) is 4.39 Å². The van der Waals surface area contributed by atoms with Crippen molar-refractivity contribution in [2.24, 2.45) is 0 Å². The van der Waals surface area contributed by atoms with Crippen molar-refractivity contribution in [2.45, 2.75) is 25.4 Å². The Labute approximate surface area is 167 Å². The van der Waals surface area contributed by atoms with Crippen LogP contribution < -0.4 is 4.90 Å². The zero-order valence-electron chi connectivity index (χ0n) is 13.7. The third kappa shape index (κ3) is 2.97. The summed E-state index contributed by atoms with van der Waals surface area (Å²) in [5.74, 6) is -0.542. The van der Waals surface area contributed by atoms with Crippen LogP contribution in [-0.4, -0.2) is 29.3 Å². The fourth-order valence-electron chi connectivity index (χ4n) is 3.64. The van der Waals surface area contributed by atoms with Crippen molar-refractivity contribution >= 4 is 49.4 Å². The number of nitrogens with zero attached hydrogens (tertiary/aromatic N) is 2. The van der Waals surface area contributed by atoms with E-state index in [1.807, 2.05) is 6.07 Å². The van der Waals surface area contributed by atoms with Gasteiger partial charge in [-0.1, -0.05) is 28.1 Å². The highest BCUT2D eigenvalue weighted by molar-refractivity contribution is 9.11. The molecule has 7 heteroatoms. The number of carbonyl (C=O) groups is 2. The Morgan fingerprint density at radius 3 is 2.58 bits per heavy atom. The van der Waals surface area contributed by atoms with Gasteiger partial charge in [0.1, 0.15) is 11.9 Å². The molecule has 2 amide bonds. The lowest BCUT2D eigenvalue weighted by Crippen LogP contribution is -2.44. The van der Waals surface area contributed by atoms with Crippen LogP contribution in [0.5, 0.6) is 0 Å². The van der Waals surface area contributed by atoms with E-state index in [1.54, 1.807) is 28.0 Å². The van der Waals surface area contributed by atoms with E-state index in [0.29, 0.717) is 28.7 Å². The molecule has 0 radical (unpaired) electrons. The average Bonchev–Trinajstić information content (AvgIpc) is 3.07. The quantitative estimate of drug-likeness (QED) is 0.633. The molecule has 0 bridgehead atoms. The van der Waals surface area contributed by atoms with E-state index in [-0.39, 0.29) is 24.2 Å². The maximum absolute atomic E-state index is 13.3. The van der Waals surface area contributed by atoms with Crippen LogP contribution in [0.3, 0.4) is 0 Å². The Kier molecular flexibility index (Phi) is 4.61. The number of rotatable bonds is 2. The van der Waals surface area contributed by atoms with Crippen molar-refractivity contribution in [3.05, 3.63) is 62.3 Å². The first-order valence-electron chi connectivity index (χ1n) is 8.31. The molecule has 26 heavy (non-hydrogen) atoms. The molecule has 0 aliphatic carbocycles. The highest BCUT2D eigenvalue weighted by atomic mass is 79.9. The van der Waals surface area contributed by atoms with Gasteiger partial charge in [-0.15, -0.1) is 0 Å². The largest absolute Gasteiger partial charge is 0.327 e. The predicted molar refractivity (Wildman–Crippen MR) is 103 cm³/mol. The maximum atomic E-state index is 13.3. The zero-order valence-corrected chi connectivity index (χ0v) is 16.9. The molecule has 0 N–H and O–H groups in total. The molecule has 2 aromatic carbocycles. The van der Waals surface area contributed by atoms with Crippen molar-refractivity contribution in [1.82, 2.24) is 4.90 Å². The Hall–Kier alpha value is -1.73. The van der Waals surface area contributed by atoms with Crippen molar-refractivity contribution < 1.29 is 14.0 Å². The van der Waals surface area contributed by atoms with Gasteiger partial charge in [-0.05, 0) is 58.6 Å². The molecule has 1 atom stereocenters. The van der Waals surface area contributed by atoms with Crippen LogP contribution >= 0.6 is 31.9 Å². The Morgan fingerprint density at radius 2 is 1.85 bits per heavy atom. The first-order chi connectivity index (χ1) is 12.5. The van der Waals surface area contributed by atoms with Crippen molar-refractivity contribution in [2.75, 3.05) is 11.4 Å². The molecule has 2 heterocycles. The lowest BCUT2D eigenvalue weighted by Gasteiger charge is -2.26. The minimum atomic E-state index is -0.443. The number of anilines is 1. The lowest BCUT2D eigenvalue weighted by molar-refractivity contribution is -0.122. The first-order valence-corrected chi connectivity index (χ1v) is 9.90. The number of halogens is 3. The van der Waals surface area contributed by atoms with Crippen LogP contribution in [0.2, 0.25) is 0 Å². The van der Waals surface area contributed by atoms with Gasteiger partial charge < -0.3 is 9.80 Å². The molecule has 1 fully saturated rings. The van der Waals surface area contributed by atoms with Gasteiger partial charge in [0.15, 0.2) is 0 Å². The number of fused-ring (bicyclic) bond motifs is 2. The lowest BCUT2D eigenvalue weighted by atomic mass is 10.1. The topological polar surface area (TPSA) is 40.6 Å². The number of amides is 2. The highest BCUT2D eigenvalue weighted by Crippen LogP contribution is 2.40. The smallest absolute Gasteiger partial charge is 0.256 e. The van der Waals surface area contributed by atoms with Crippen LogP contribution in [0.25, 0.3) is 0 Å². The molecule has 134 valence electrons. The number of carbonyl (C=O) groups excluding carboxylic acids is 2. The van der Waals surface area contributed by atoms with Crippen LogP contribution in [0.1, 0.15) is 28.8 Å². The second kappa shape index (κ2) is 6.78. The molecular formula is C19H15Br2FN2O2. The summed E-state index contributed by atoms with van der Waals surface area (Å²) in [4.78, 5) is 29.7. The van der Waals surface area contributed by atoms with Gasteiger partial charge in [-0.2, -0.15) is 0 Å². The third-order valence-corrected chi connectivity index (χ3v) is 5.91. The van der Waals surface area contributed by atoms with E-state index in [9.17, 15) is 14.0 Å². The molecule has 0 spiro atoms. The fourth-order valence-corrected chi connectivity index (χ4v) is 5.08. The molecule has 4 nitrogen and oxygen atoms in total. The van der Waals surface area contributed by atoms with Crippen molar-refractivity contribution in [3.8, 4) is 0 Å². The van der Waals surface area contributed by atoms with Crippen LogP contribution in [0.4, 0.5) is 10.1 Å². The fraction of sp³-hybridized carbons (Fsp3) is 0.263. The maximum Gasteiger partial charge on any atom is 0.256 e.